The van der Waals surface area contributed by atoms with Crippen molar-refractivity contribution in [1.82, 2.24) is 10.2 Å². The van der Waals surface area contributed by atoms with E-state index in [2.05, 4.69) is 21.2 Å². The molecule has 1 aliphatic carbocycles. The SMILES string of the molecule is CC[C@@H](C(=O)NC1CCCC1)N(Cc1ccccc1C)C(=O)CN(c1ccc(C)cc1)S(=O)(=O)c1ccc(OC)c(Br)c1. The second kappa shape index (κ2) is 14.4. The van der Waals surface area contributed by atoms with Gasteiger partial charge in [-0.25, -0.2) is 8.42 Å². The summed E-state index contributed by atoms with van der Waals surface area (Å²) in [7, 11) is -2.69. The topological polar surface area (TPSA) is 96.0 Å². The Labute approximate surface area is 263 Å². The molecule has 8 nitrogen and oxygen atoms in total. The number of hydrogen-bond donors (Lipinski definition) is 1. The summed E-state index contributed by atoms with van der Waals surface area (Å²) in [5.41, 5.74) is 3.19. The lowest BCUT2D eigenvalue weighted by atomic mass is 10.1. The van der Waals surface area contributed by atoms with Crippen LogP contribution in [0, 0.1) is 13.8 Å². The van der Waals surface area contributed by atoms with Crippen LogP contribution in [0.25, 0.3) is 0 Å². The van der Waals surface area contributed by atoms with Crippen LogP contribution >= 0.6 is 15.9 Å². The summed E-state index contributed by atoms with van der Waals surface area (Å²) < 4.78 is 35.2. The Morgan fingerprint density at radius 1 is 1.02 bits per heavy atom. The van der Waals surface area contributed by atoms with Gasteiger partial charge in [0.25, 0.3) is 10.0 Å². The van der Waals surface area contributed by atoms with E-state index in [1.807, 2.05) is 45.0 Å². The Morgan fingerprint density at radius 2 is 1.70 bits per heavy atom. The lowest BCUT2D eigenvalue weighted by Crippen LogP contribution is -2.53. The molecule has 1 aliphatic rings. The monoisotopic (exact) mass is 669 g/mol. The first-order valence-electron chi connectivity index (χ1n) is 14.6. The van der Waals surface area contributed by atoms with Gasteiger partial charge in [0.15, 0.2) is 0 Å². The number of methoxy groups -OCH3 is 1. The third kappa shape index (κ3) is 7.78. The maximum atomic E-state index is 14.3. The quantitative estimate of drug-likeness (QED) is 0.250. The molecular formula is C33H40BrN3O5S. The van der Waals surface area contributed by atoms with Crippen molar-refractivity contribution in [3.8, 4) is 5.75 Å². The molecule has 2 amide bonds. The van der Waals surface area contributed by atoms with Gasteiger partial charge < -0.3 is 15.0 Å². The van der Waals surface area contributed by atoms with Crippen LogP contribution in [0.4, 0.5) is 5.69 Å². The highest BCUT2D eigenvalue weighted by atomic mass is 79.9. The first-order chi connectivity index (χ1) is 20.5. The third-order valence-electron chi connectivity index (χ3n) is 8.00. The molecule has 4 rings (SSSR count). The largest absolute Gasteiger partial charge is 0.496 e. The third-order valence-corrected chi connectivity index (χ3v) is 10.4. The average Bonchev–Trinajstić information content (AvgIpc) is 3.50. The summed E-state index contributed by atoms with van der Waals surface area (Å²) in [6.45, 7) is 5.45. The van der Waals surface area contributed by atoms with E-state index in [4.69, 9.17) is 4.74 Å². The number of nitrogens with one attached hydrogen (secondary N) is 1. The summed E-state index contributed by atoms with van der Waals surface area (Å²) in [6.07, 6.45) is 4.37. The average molecular weight is 671 g/mol. The van der Waals surface area contributed by atoms with Gasteiger partial charge in [-0.3, -0.25) is 13.9 Å². The molecule has 0 aromatic heterocycles. The number of nitrogens with zero attached hydrogens (tertiary/aromatic N) is 2. The normalized spacial score (nSPS) is 14.3. The van der Waals surface area contributed by atoms with E-state index < -0.39 is 28.5 Å². The molecular weight excluding hydrogens is 630 g/mol. The van der Waals surface area contributed by atoms with Crippen molar-refractivity contribution < 1.29 is 22.7 Å². The van der Waals surface area contributed by atoms with Gasteiger partial charge in [-0.1, -0.05) is 61.7 Å². The highest BCUT2D eigenvalue weighted by molar-refractivity contribution is 9.10. The van der Waals surface area contributed by atoms with Crippen LogP contribution in [0.15, 0.2) is 76.1 Å². The zero-order valence-corrected chi connectivity index (χ0v) is 27.6. The van der Waals surface area contributed by atoms with Crippen LogP contribution in [-0.4, -0.2) is 50.9 Å². The summed E-state index contributed by atoms with van der Waals surface area (Å²) in [5.74, 6) is -0.186. The van der Waals surface area contributed by atoms with Gasteiger partial charge in [0.2, 0.25) is 11.8 Å². The van der Waals surface area contributed by atoms with Crippen LogP contribution < -0.4 is 14.4 Å². The first-order valence-corrected chi connectivity index (χ1v) is 16.9. The van der Waals surface area contributed by atoms with E-state index >= 15 is 0 Å². The van der Waals surface area contributed by atoms with Crippen molar-refractivity contribution in [3.63, 3.8) is 0 Å². The zero-order chi connectivity index (χ0) is 31.1. The van der Waals surface area contributed by atoms with E-state index in [0.717, 1.165) is 46.7 Å². The number of carbonyl (C=O) groups excluding carboxylic acids is 2. The predicted molar refractivity (Wildman–Crippen MR) is 173 cm³/mol. The number of sulfonamides is 1. The van der Waals surface area contributed by atoms with Crippen LogP contribution in [0.1, 0.15) is 55.7 Å². The molecule has 43 heavy (non-hydrogen) atoms. The van der Waals surface area contributed by atoms with Crippen molar-refractivity contribution in [2.75, 3.05) is 18.0 Å². The smallest absolute Gasteiger partial charge is 0.264 e. The molecule has 0 saturated heterocycles. The van der Waals surface area contributed by atoms with Gasteiger partial charge in [-0.2, -0.15) is 0 Å². The Hall–Kier alpha value is -3.37. The minimum Gasteiger partial charge on any atom is -0.496 e. The molecule has 0 spiro atoms. The maximum absolute atomic E-state index is 14.3. The summed E-state index contributed by atoms with van der Waals surface area (Å²) >= 11 is 3.39. The minimum absolute atomic E-state index is 0.00465. The number of anilines is 1. The molecule has 0 radical (unpaired) electrons. The predicted octanol–water partition coefficient (Wildman–Crippen LogP) is 6.14. The molecule has 3 aromatic rings. The van der Waals surface area contributed by atoms with Crippen molar-refractivity contribution in [2.45, 2.75) is 76.4 Å². The van der Waals surface area contributed by atoms with Gasteiger partial charge in [-0.15, -0.1) is 0 Å². The second-order valence-corrected chi connectivity index (χ2v) is 13.7. The summed E-state index contributed by atoms with van der Waals surface area (Å²) in [5, 5.41) is 3.15. The molecule has 0 unspecified atom stereocenters. The lowest BCUT2D eigenvalue weighted by Gasteiger charge is -2.34. The Kier molecular flexibility index (Phi) is 10.9. The summed E-state index contributed by atoms with van der Waals surface area (Å²) in [6, 6.07) is 18.5. The van der Waals surface area contributed by atoms with Crippen LogP contribution in [0.2, 0.25) is 0 Å². The molecule has 230 valence electrons. The number of benzene rings is 3. The molecule has 1 N–H and O–H groups in total. The fraction of sp³-hybridized carbons (Fsp3) is 0.394. The van der Waals surface area contributed by atoms with Crippen molar-refractivity contribution in [2.24, 2.45) is 0 Å². The Bertz CT molecular complexity index is 1540. The number of hydrogen-bond acceptors (Lipinski definition) is 5. The molecule has 0 heterocycles. The van der Waals surface area contributed by atoms with Crippen LogP contribution in [0.5, 0.6) is 5.75 Å². The molecule has 3 aromatic carbocycles. The molecule has 0 bridgehead atoms. The molecule has 0 aliphatic heterocycles. The lowest BCUT2D eigenvalue weighted by molar-refractivity contribution is -0.140. The van der Waals surface area contributed by atoms with E-state index in [1.54, 1.807) is 30.3 Å². The van der Waals surface area contributed by atoms with Gasteiger partial charge in [0.1, 0.15) is 18.3 Å². The fourth-order valence-electron chi connectivity index (χ4n) is 5.43. The molecule has 1 fully saturated rings. The number of aryl methyl sites for hydroxylation is 2. The van der Waals surface area contributed by atoms with Crippen LogP contribution in [0.3, 0.4) is 0 Å². The number of ether oxygens (including phenoxy) is 1. The van der Waals surface area contributed by atoms with E-state index in [9.17, 15) is 18.0 Å². The van der Waals surface area contributed by atoms with Gasteiger partial charge in [-0.05, 0) is 90.5 Å². The van der Waals surface area contributed by atoms with Gasteiger partial charge >= 0.3 is 0 Å². The number of amides is 2. The highest BCUT2D eigenvalue weighted by Gasteiger charge is 2.35. The van der Waals surface area contributed by atoms with Crippen molar-refractivity contribution >= 4 is 43.5 Å². The number of carbonyl (C=O) groups is 2. The Balaban J connectivity index is 1.73. The van der Waals surface area contributed by atoms with E-state index in [0.29, 0.717) is 22.3 Å². The van der Waals surface area contributed by atoms with E-state index in [-0.39, 0.29) is 23.4 Å². The summed E-state index contributed by atoms with van der Waals surface area (Å²) in [4.78, 5) is 29.5. The number of halogens is 1. The second-order valence-electron chi connectivity index (χ2n) is 11.0. The van der Waals surface area contributed by atoms with Crippen molar-refractivity contribution in [3.05, 3.63) is 87.9 Å². The molecule has 1 saturated carbocycles. The maximum Gasteiger partial charge on any atom is 0.264 e. The van der Waals surface area contributed by atoms with Crippen molar-refractivity contribution in [1.29, 1.82) is 0 Å². The zero-order valence-electron chi connectivity index (χ0n) is 25.2. The molecule has 1 atom stereocenters. The Morgan fingerprint density at radius 3 is 2.30 bits per heavy atom. The van der Waals surface area contributed by atoms with Crippen LogP contribution in [-0.2, 0) is 26.2 Å². The minimum atomic E-state index is -4.20. The molecule has 10 heteroatoms. The van der Waals surface area contributed by atoms with E-state index in [1.165, 1.54) is 24.1 Å². The fourth-order valence-corrected chi connectivity index (χ4v) is 7.57. The first kappa shape index (κ1) is 32.5. The highest BCUT2D eigenvalue weighted by Crippen LogP contribution is 2.31. The van der Waals surface area contributed by atoms with Gasteiger partial charge in [0, 0.05) is 12.6 Å². The number of rotatable bonds is 12. The van der Waals surface area contributed by atoms with Gasteiger partial charge in [0.05, 0.1) is 22.2 Å². The standard InChI is InChI=1S/C33H40BrN3O5S/c1-5-30(33(39)35-26-12-8-9-13-26)36(21-25-11-7-6-10-24(25)3)32(38)22-37(27-16-14-23(2)15-17-27)43(40,41)28-18-19-31(42-4)29(34)20-28/h6-7,10-11,14-20,26,30H,5,8-9,12-13,21-22H2,1-4H3,(H,35,39)/t30-/m0/s1.